The van der Waals surface area contributed by atoms with E-state index in [1.807, 2.05) is 6.92 Å². The lowest BCUT2D eigenvalue weighted by atomic mass is 9.99. The maximum atomic E-state index is 14.1. The first-order valence-corrected chi connectivity index (χ1v) is 7.88. The molecule has 0 saturated heterocycles. The number of nitrogen functional groups attached to an aromatic ring is 1. The highest BCUT2D eigenvalue weighted by Gasteiger charge is 2.24. The van der Waals surface area contributed by atoms with Gasteiger partial charge in [0.15, 0.2) is 6.20 Å². The number of nitrogens with one attached hydrogen (secondary N) is 1. The van der Waals surface area contributed by atoms with Crippen molar-refractivity contribution in [1.29, 1.82) is 0 Å². The molecule has 3 rings (SSSR count). The summed E-state index contributed by atoms with van der Waals surface area (Å²) >= 11 is 0. The number of benzene rings is 1. The summed E-state index contributed by atoms with van der Waals surface area (Å²) in [6.45, 7) is 2.35. The highest BCUT2D eigenvalue weighted by atomic mass is 19.1. The fourth-order valence-corrected chi connectivity index (χ4v) is 2.73. The zero-order valence-electron chi connectivity index (χ0n) is 13.6. The molecule has 7 heteroatoms. The van der Waals surface area contributed by atoms with Crippen LogP contribution in [0, 0.1) is 11.2 Å². The monoisotopic (exact) mass is 340 g/mol. The van der Waals surface area contributed by atoms with Gasteiger partial charge in [0.1, 0.15) is 5.69 Å². The number of pyridine rings is 2. The quantitative estimate of drug-likeness (QED) is 0.433. The van der Waals surface area contributed by atoms with Crippen molar-refractivity contribution in [1.82, 2.24) is 10.3 Å². The van der Waals surface area contributed by atoms with Gasteiger partial charge in [0.05, 0.1) is 5.39 Å². The van der Waals surface area contributed by atoms with Crippen LogP contribution in [0.25, 0.3) is 21.9 Å². The normalized spacial score (nSPS) is 10.8. The number of anilines is 1. The Morgan fingerprint density at radius 1 is 1.28 bits per heavy atom. The first-order valence-electron chi connectivity index (χ1n) is 7.88. The van der Waals surface area contributed by atoms with Crippen molar-refractivity contribution in [3.8, 4) is 11.1 Å². The molecule has 2 heterocycles. The van der Waals surface area contributed by atoms with Gasteiger partial charge in [0.25, 0.3) is 0 Å². The number of rotatable bonds is 4. The summed E-state index contributed by atoms with van der Waals surface area (Å²) in [7, 11) is 0. The molecule has 0 aliphatic carbocycles. The summed E-state index contributed by atoms with van der Waals surface area (Å²) in [5.74, 6) is -1.18. The maximum Gasteiger partial charge on any atom is 0.319 e. The summed E-state index contributed by atoms with van der Waals surface area (Å²) in [5.41, 5.74) is 6.73. The van der Waals surface area contributed by atoms with E-state index in [4.69, 9.17) is 5.73 Å². The number of hydrogen-bond acceptors (Lipinski definition) is 4. The van der Waals surface area contributed by atoms with Gasteiger partial charge in [0, 0.05) is 29.3 Å². The fourth-order valence-electron chi connectivity index (χ4n) is 2.73. The van der Waals surface area contributed by atoms with Crippen LogP contribution in [0.4, 0.5) is 10.1 Å². The number of amides is 1. The lowest BCUT2D eigenvalue weighted by molar-refractivity contribution is -0.605. The molecule has 6 nitrogen and oxygen atoms in total. The summed E-state index contributed by atoms with van der Waals surface area (Å²) < 4.78 is 14.5. The molecule has 0 saturated carbocycles. The number of aromatic nitrogens is 2. The van der Waals surface area contributed by atoms with E-state index in [1.165, 1.54) is 12.4 Å². The van der Waals surface area contributed by atoms with Crippen molar-refractivity contribution in [2.24, 2.45) is 0 Å². The Balaban J connectivity index is 2.22. The zero-order valence-corrected chi connectivity index (χ0v) is 13.6. The number of nitrogens with two attached hydrogens (primary N) is 1. The first kappa shape index (κ1) is 16.6. The number of carbonyl (C=O) groups excluding carboxylic acids is 1. The van der Waals surface area contributed by atoms with Crippen LogP contribution in [-0.2, 0) is 0 Å². The Labute approximate surface area is 143 Å². The Hall–Kier alpha value is -3.22. The molecule has 0 fully saturated rings. The number of fused-ring (bicyclic) bond motifs is 1. The second kappa shape index (κ2) is 6.72. The Morgan fingerprint density at radius 3 is 2.76 bits per heavy atom. The molecule has 2 aromatic heterocycles. The van der Waals surface area contributed by atoms with Gasteiger partial charge in [-0.2, -0.15) is 9.12 Å². The molecular formula is C18H17FN4O2. The van der Waals surface area contributed by atoms with Crippen molar-refractivity contribution >= 4 is 22.4 Å². The predicted molar refractivity (Wildman–Crippen MR) is 93.1 cm³/mol. The third-order valence-corrected chi connectivity index (χ3v) is 3.92. The smallest absolute Gasteiger partial charge is 0.319 e. The molecule has 1 aromatic carbocycles. The minimum Gasteiger partial charge on any atom is -0.618 e. The Morgan fingerprint density at radius 2 is 2.04 bits per heavy atom. The van der Waals surface area contributed by atoms with Crippen molar-refractivity contribution in [3.05, 3.63) is 59.6 Å². The molecule has 0 unspecified atom stereocenters. The van der Waals surface area contributed by atoms with Gasteiger partial charge < -0.3 is 16.3 Å². The Kier molecular flexibility index (Phi) is 4.47. The van der Waals surface area contributed by atoms with Gasteiger partial charge >= 0.3 is 11.6 Å². The molecule has 0 atom stereocenters. The van der Waals surface area contributed by atoms with Crippen LogP contribution in [0.15, 0.2) is 42.7 Å². The average Bonchev–Trinajstić information content (AvgIpc) is 2.60. The van der Waals surface area contributed by atoms with Crippen LogP contribution < -0.4 is 15.8 Å². The molecule has 0 bridgehead atoms. The lowest BCUT2D eigenvalue weighted by Crippen LogP contribution is -2.40. The summed E-state index contributed by atoms with van der Waals surface area (Å²) in [5, 5.41) is 16.0. The second-order valence-corrected chi connectivity index (χ2v) is 5.58. The molecule has 0 aliphatic rings. The van der Waals surface area contributed by atoms with Crippen molar-refractivity contribution in [2.75, 3.05) is 12.3 Å². The van der Waals surface area contributed by atoms with Crippen LogP contribution in [-0.4, -0.2) is 17.4 Å². The van der Waals surface area contributed by atoms with Gasteiger partial charge in [-0.05, 0) is 18.6 Å². The van der Waals surface area contributed by atoms with Gasteiger partial charge in [-0.3, -0.25) is 4.79 Å². The SMILES string of the molecule is CCCNC(=O)c1c(N)c2cccc(-c3cccnc3F)c2c[n+]1[O-]. The Bertz CT molecular complexity index is 959. The highest BCUT2D eigenvalue weighted by molar-refractivity contribution is 6.07. The third kappa shape index (κ3) is 2.96. The lowest BCUT2D eigenvalue weighted by Gasteiger charge is -2.12. The number of carbonyl (C=O) groups is 1. The predicted octanol–water partition coefficient (Wildman–Crippen LogP) is 2.40. The number of nitrogens with zero attached hydrogens (tertiary/aromatic N) is 2. The summed E-state index contributed by atoms with van der Waals surface area (Å²) in [6, 6.07) is 8.25. The topological polar surface area (TPSA) is 95.0 Å². The molecule has 3 N–H and O–H groups in total. The third-order valence-electron chi connectivity index (χ3n) is 3.92. The second-order valence-electron chi connectivity index (χ2n) is 5.58. The minimum absolute atomic E-state index is 0.0623. The van der Waals surface area contributed by atoms with Crippen LogP contribution in [0.3, 0.4) is 0 Å². The van der Waals surface area contributed by atoms with E-state index in [1.54, 1.807) is 30.3 Å². The largest absolute Gasteiger partial charge is 0.618 e. The van der Waals surface area contributed by atoms with Crippen LogP contribution in [0.5, 0.6) is 0 Å². The molecule has 0 aliphatic heterocycles. The van der Waals surface area contributed by atoms with E-state index in [0.29, 0.717) is 27.6 Å². The van der Waals surface area contributed by atoms with E-state index < -0.39 is 11.9 Å². The van der Waals surface area contributed by atoms with E-state index in [-0.39, 0.29) is 16.9 Å². The summed E-state index contributed by atoms with van der Waals surface area (Å²) in [4.78, 5) is 15.9. The van der Waals surface area contributed by atoms with Gasteiger partial charge in [-0.15, -0.1) is 0 Å². The molecule has 1 amide bonds. The van der Waals surface area contributed by atoms with Crippen LogP contribution in [0.1, 0.15) is 23.8 Å². The van der Waals surface area contributed by atoms with Crippen LogP contribution in [0.2, 0.25) is 0 Å². The van der Waals surface area contributed by atoms with Crippen LogP contribution >= 0.6 is 0 Å². The fraction of sp³-hybridized carbons (Fsp3) is 0.167. The molecule has 0 spiro atoms. The standard InChI is InChI=1S/C18H17FN4O2/c1-2-8-22-18(24)16-15(20)12-6-3-5-11(14(12)10-23(16)25)13-7-4-9-21-17(13)19/h3-7,9-10H,2,8,20H2,1H3,(H,22,24). The highest BCUT2D eigenvalue weighted by Crippen LogP contribution is 2.32. The van der Waals surface area contributed by atoms with Gasteiger partial charge in [-0.1, -0.05) is 25.1 Å². The first-order chi connectivity index (χ1) is 12.0. The van der Waals surface area contributed by atoms with E-state index in [2.05, 4.69) is 10.3 Å². The maximum absolute atomic E-state index is 14.1. The molecular weight excluding hydrogens is 323 g/mol. The van der Waals surface area contributed by atoms with Crippen molar-refractivity contribution in [2.45, 2.75) is 13.3 Å². The van der Waals surface area contributed by atoms with Gasteiger partial charge in [-0.25, -0.2) is 4.98 Å². The average molecular weight is 340 g/mol. The van der Waals surface area contributed by atoms with E-state index >= 15 is 0 Å². The molecule has 128 valence electrons. The molecule has 25 heavy (non-hydrogen) atoms. The van der Waals surface area contributed by atoms with Crippen molar-refractivity contribution in [3.63, 3.8) is 0 Å². The molecule has 3 aromatic rings. The van der Waals surface area contributed by atoms with E-state index in [9.17, 15) is 14.4 Å². The minimum atomic E-state index is -0.643. The number of halogens is 1. The van der Waals surface area contributed by atoms with Gasteiger partial charge in [0.2, 0.25) is 5.95 Å². The van der Waals surface area contributed by atoms with Crippen molar-refractivity contribution < 1.29 is 13.9 Å². The molecule has 0 radical (unpaired) electrons. The number of hydrogen-bond donors (Lipinski definition) is 2. The van der Waals surface area contributed by atoms with E-state index in [0.717, 1.165) is 6.42 Å². The zero-order chi connectivity index (χ0) is 18.0. The summed E-state index contributed by atoms with van der Waals surface area (Å²) in [6.07, 6.45) is 3.33.